The lowest BCUT2D eigenvalue weighted by Gasteiger charge is -2.07. The third-order valence-electron chi connectivity index (χ3n) is 2.79. The topological polar surface area (TPSA) is 44.1 Å². The summed E-state index contributed by atoms with van der Waals surface area (Å²) in [4.78, 5) is 11.0. The van der Waals surface area contributed by atoms with Crippen LogP contribution in [0.25, 0.3) is 11.3 Å². The molecule has 1 aromatic heterocycles. The van der Waals surface area contributed by atoms with Gasteiger partial charge in [-0.05, 0) is 24.6 Å². The lowest BCUT2D eigenvalue weighted by molar-refractivity contribution is 0.112. The molecular formula is C14H15FN2O2. The van der Waals surface area contributed by atoms with Gasteiger partial charge in [-0.15, -0.1) is 0 Å². The molecule has 0 unspecified atom stereocenters. The Morgan fingerprint density at radius 1 is 1.47 bits per heavy atom. The molecule has 0 amide bonds. The Balaban J connectivity index is 2.44. The lowest BCUT2D eigenvalue weighted by Crippen LogP contribution is -1.98. The lowest BCUT2D eigenvalue weighted by atomic mass is 10.1. The van der Waals surface area contributed by atoms with Gasteiger partial charge in [-0.3, -0.25) is 9.48 Å². The van der Waals surface area contributed by atoms with Gasteiger partial charge in [-0.25, -0.2) is 4.39 Å². The van der Waals surface area contributed by atoms with E-state index in [2.05, 4.69) is 12.0 Å². The Morgan fingerprint density at radius 3 is 2.89 bits per heavy atom. The van der Waals surface area contributed by atoms with E-state index in [9.17, 15) is 9.18 Å². The van der Waals surface area contributed by atoms with Crippen molar-refractivity contribution in [3.8, 4) is 17.0 Å². The molecule has 4 nitrogen and oxygen atoms in total. The third kappa shape index (κ3) is 2.65. The third-order valence-corrected chi connectivity index (χ3v) is 2.79. The highest BCUT2D eigenvalue weighted by Crippen LogP contribution is 2.28. The molecule has 0 saturated heterocycles. The highest BCUT2D eigenvalue weighted by molar-refractivity contribution is 5.82. The Kier molecular flexibility index (Phi) is 3.94. The average Bonchev–Trinajstić information content (AvgIpc) is 2.86. The van der Waals surface area contributed by atoms with Gasteiger partial charge >= 0.3 is 0 Å². The fourth-order valence-electron chi connectivity index (χ4n) is 1.93. The predicted molar refractivity (Wildman–Crippen MR) is 69.9 cm³/mol. The quantitative estimate of drug-likeness (QED) is 0.778. The number of aryl methyl sites for hydroxylation is 1. The Bertz CT molecular complexity index is 593. The maximum atomic E-state index is 13.8. The van der Waals surface area contributed by atoms with Crippen LogP contribution in [-0.2, 0) is 6.54 Å². The Morgan fingerprint density at radius 2 is 2.26 bits per heavy atom. The minimum Gasteiger partial charge on any atom is -0.493 e. The molecule has 0 bridgehead atoms. The summed E-state index contributed by atoms with van der Waals surface area (Å²) in [6.07, 6.45) is 3.38. The fourth-order valence-corrected chi connectivity index (χ4v) is 1.93. The summed E-state index contributed by atoms with van der Waals surface area (Å²) in [5.41, 5.74) is 1.39. The standard InChI is InChI=1S/C14H15FN2O2/c1-3-5-17-6-4-13(16-17)10-7-11(9-18)14(19-2)12(15)8-10/h4,6-9H,3,5H2,1-2H3. The van der Waals surface area contributed by atoms with Crippen LogP contribution in [0.1, 0.15) is 23.7 Å². The van der Waals surface area contributed by atoms with Crippen LogP contribution < -0.4 is 4.74 Å². The molecule has 100 valence electrons. The van der Waals surface area contributed by atoms with Crippen molar-refractivity contribution in [2.45, 2.75) is 19.9 Å². The maximum Gasteiger partial charge on any atom is 0.166 e. The largest absolute Gasteiger partial charge is 0.493 e. The molecule has 0 fully saturated rings. The number of benzene rings is 1. The van der Waals surface area contributed by atoms with Gasteiger partial charge in [0.15, 0.2) is 17.9 Å². The minimum absolute atomic E-state index is 0.0354. The fraction of sp³-hybridized carbons (Fsp3) is 0.286. The molecule has 19 heavy (non-hydrogen) atoms. The van der Waals surface area contributed by atoms with Gasteiger partial charge in [0, 0.05) is 18.3 Å². The molecule has 0 aliphatic carbocycles. The summed E-state index contributed by atoms with van der Waals surface area (Å²) in [5.74, 6) is -0.598. The van der Waals surface area contributed by atoms with Crippen molar-refractivity contribution in [2.24, 2.45) is 0 Å². The summed E-state index contributed by atoms with van der Waals surface area (Å²) >= 11 is 0. The van der Waals surface area contributed by atoms with E-state index in [1.54, 1.807) is 16.8 Å². The predicted octanol–water partition coefficient (Wildman–Crippen LogP) is 2.92. The smallest absolute Gasteiger partial charge is 0.166 e. The van der Waals surface area contributed by atoms with Gasteiger partial charge in [0.2, 0.25) is 0 Å². The van der Waals surface area contributed by atoms with Crippen molar-refractivity contribution in [1.82, 2.24) is 9.78 Å². The van der Waals surface area contributed by atoms with E-state index in [0.717, 1.165) is 13.0 Å². The molecule has 1 heterocycles. The number of rotatable bonds is 5. The number of carbonyl (C=O) groups is 1. The van der Waals surface area contributed by atoms with E-state index in [4.69, 9.17) is 4.74 Å². The zero-order chi connectivity index (χ0) is 13.8. The number of aromatic nitrogens is 2. The van der Waals surface area contributed by atoms with Gasteiger partial charge in [-0.2, -0.15) is 5.10 Å². The van der Waals surface area contributed by atoms with E-state index in [-0.39, 0.29) is 11.3 Å². The second kappa shape index (κ2) is 5.65. The average molecular weight is 262 g/mol. The molecular weight excluding hydrogens is 247 g/mol. The number of nitrogens with zero attached hydrogens (tertiary/aromatic N) is 2. The van der Waals surface area contributed by atoms with Crippen molar-refractivity contribution in [2.75, 3.05) is 7.11 Å². The summed E-state index contributed by atoms with van der Waals surface area (Å²) < 4.78 is 20.5. The normalized spacial score (nSPS) is 10.5. The number of hydrogen-bond acceptors (Lipinski definition) is 3. The molecule has 0 spiro atoms. The van der Waals surface area contributed by atoms with Crippen LogP contribution in [-0.4, -0.2) is 23.2 Å². The first-order valence-electron chi connectivity index (χ1n) is 6.06. The summed E-state index contributed by atoms with van der Waals surface area (Å²) in [7, 11) is 1.33. The van der Waals surface area contributed by atoms with Crippen LogP contribution in [0, 0.1) is 5.82 Å². The number of aldehydes is 1. The zero-order valence-electron chi connectivity index (χ0n) is 10.9. The second-order valence-electron chi connectivity index (χ2n) is 4.16. The first kappa shape index (κ1) is 13.3. The van der Waals surface area contributed by atoms with E-state index in [1.165, 1.54) is 13.2 Å². The minimum atomic E-state index is -0.563. The highest BCUT2D eigenvalue weighted by Gasteiger charge is 2.13. The SMILES string of the molecule is CCCn1ccc(-c2cc(F)c(OC)c(C=O)c2)n1. The molecule has 0 aliphatic heterocycles. The molecule has 2 aromatic rings. The molecule has 5 heteroatoms. The molecule has 0 aliphatic rings. The van der Waals surface area contributed by atoms with Crippen molar-refractivity contribution >= 4 is 6.29 Å². The number of carbonyl (C=O) groups excluding carboxylic acids is 1. The van der Waals surface area contributed by atoms with Crippen molar-refractivity contribution in [1.29, 1.82) is 0 Å². The van der Waals surface area contributed by atoms with Crippen LogP contribution in [0.4, 0.5) is 4.39 Å². The van der Waals surface area contributed by atoms with E-state index < -0.39 is 5.82 Å². The van der Waals surface area contributed by atoms with E-state index >= 15 is 0 Å². The van der Waals surface area contributed by atoms with E-state index in [1.807, 2.05) is 6.20 Å². The molecule has 2 rings (SSSR count). The summed E-state index contributed by atoms with van der Waals surface area (Å²) in [6.45, 7) is 2.86. The van der Waals surface area contributed by atoms with Crippen LogP contribution in [0.3, 0.4) is 0 Å². The number of methoxy groups -OCH3 is 1. The number of halogens is 1. The van der Waals surface area contributed by atoms with Crippen molar-refractivity contribution in [3.63, 3.8) is 0 Å². The summed E-state index contributed by atoms with van der Waals surface area (Å²) in [5, 5.41) is 4.34. The van der Waals surface area contributed by atoms with Crippen molar-refractivity contribution < 1.29 is 13.9 Å². The molecule has 0 radical (unpaired) electrons. The Hall–Kier alpha value is -2.17. The van der Waals surface area contributed by atoms with Gasteiger partial charge in [0.25, 0.3) is 0 Å². The van der Waals surface area contributed by atoms with Crippen LogP contribution in [0.5, 0.6) is 5.75 Å². The molecule has 0 saturated carbocycles. The second-order valence-corrected chi connectivity index (χ2v) is 4.16. The van der Waals surface area contributed by atoms with Gasteiger partial charge < -0.3 is 4.74 Å². The molecule has 0 atom stereocenters. The number of ether oxygens (including phenoxy) is 1. The first-order valence-corrected chi connectivity index (χ1v) is 6.06. The number of hydrogen-bond donors (Lipinski definition) is 0. The van der Waals surface area contributed by atoms with Gasteiger partial charge in [0.1, 0.15) is 0 Å². The summed E-state index contributed by atoms with van der Waals surface area (Å²) in [6, 6.07) is 4.70. The highest BCUT2D eigenvalue weighted by atomic mass is 19.1. The van der Waals surface area contributed by atoms with Crippen LogP contribution in [0.2, 0.25) is 0 Å². The van der Waals surface area contributed by atoms with E-state index in [0.29, 0.717) is 17.5 Å². The Labute approximate surface area is 110 Å². The van der Waals surface area contributed by atoms with Gasteiger partial charge in [-0.1, -0.05) is 6.92 Å². The van der Waals surface area contributed by atoms with Gasteiger partial charge in [0.05, 0.1) is 18.4 Å². The van der Waals surface area contributed by atoms with Crippen LogP contribution >= 0.6 is 0 Å². The first-order chi connectivity index (χ1) is 9.19. The molecule has 1 aromatic carbocycles. The van der Waals surface area contributed by atoms with Crippen LogP contribution in [0.15, 0.2) is 24.4 Å². The zero-order valence-corrected chi connectivity index (χ0v) is 10.9. The maximum absolute atomic E-state index is 13.8. The monoisotopic (exact) mass is 262 g/mol. The molecule has 0 N–H and O–H groups in total. The van der Waals surface area contributed by atoms with Crippen molar-refractivity contribution in [3.05, 3.63) is 35.8 Å².